The van der Waals surface area contributed by atoms with Crippen molar-refractivity contribution in [3.8, 4) is 5.75 Å². The third kappa shape index (κ3) is 3.04. The van der Waals surface area contributed by atoms with Crippen molar-refractivity contribution in [3.63, 3.8) is 0 Å². The van der Waals surface area contributed by atoms with E-state index in [1.807, 2.05) is 4.90 Å². The van der Waals surface area contributed by atoms with Gasteiger partial charge in [-0.25, -0.2) is 0 Å². The van der Waals surface area contributed by atoms with Crippen molar-refractivity contribution >= 4 is 11.6 Å². The summed E-state index contributed by atoms with van der Waals surface area (Å²) in [4.78, 5) is 16.8. The van der Waals surface area contributed by atoms with Crippen molar-refractivity contribution in [1.29, 1.82) is 0 Å². The van der Waals surface area contributed by atoms with Crippen LogP contribution in [-0.4, -0.2) is 55.5 Å². The van der Waals surface area contributed by atoms with Gasteiger partial charge in [-0.1, -0.05) is 6.92 Å². The first-order chi connectivity index (χ1) is 9.55. The lowest BCUT2D eigenvalue weighted by Crippen LogP contribution is -2.52. The van der Waals surface area contributed by atoms with E-state index in [0.717, 1.165) is 26.1 Å². The maximum absolute atomic E-state index is 12.6. The minimum atomic E-state index is 0.0298. The Morgan fingerprint density at radius 3 is 2.80 bits per heavy atom. The zero-order valence-electron chi connectivity index (χ0n) is 12.4. The summed E-state index contributed by atoms with van der Waals surface area (Å²) in [5.41, 5.74) is 6.97. The van der Waals surface area contributed by atoms with Crippen LogP contribution in [0, 0.1) is 0 Å². The molecule has 0 spiro atoms. The van der Waals surface area contributed by atoms with E-state index < -0.39 is 0 Å². The van der Waals surface area contributed by atoms with E-state index in [4.69, 9.17) is 10.5 Å². The van der Waals surface area contributed by atoms with E-state index in [9.17, 15) is 4.79 Å². The highest BCUT2D eigenvalue weighted by Crippen LogP contribution is 2.21. The monoisotopic (exact) mass is 277 g/mol. The minimum absolute atomic E-state index is 0.0298. The molecule has 1 aliphatic rings. The highest BCUT2D eigenvalue weighted by molar-refractivity contribution is 5.95. The molecule has 1 aliphatic heterocycles. The van der Waals surface area contributed by atoms with Gasteiger partial charge in [-0.05, 0) is 25.6 Å². The third-order valence-electron chi connectivity index (χ3n) is 3.95. The van der Waals surface area contributed by atoms with Crippen LogP contribution in [0.2, 0.25) is 0 Å². The first-order valence-corrected chi connectivity index (χ1v) is 6.99. The summed E-state index contributed by atoms with van der Waals surface area (Å²) in [6.45, 7) is 4.58. The molecule has 0 saturated carbocycles. The quantitative estimate of drug-likeness (QED) is 0.849. The molecule has 0 aromatic heterocycles. The molecule has 2 rings (SSSR count). The summed E-state index contributed by atoms with van der Waals surface area (Å²) in [6, 6.07) is 5.60. The predicted octanol–water partition coefficient (Wildman–Crippen LogP) is 1.44. The van der Waals surface area contributed by atoms with Crippen LogP contribution in [0.4, 0.5) is 5.69 Å². The van der Waals surface area contributed by atoms with E-state index in [1.165, 1.54) is 0 Å². The summed E-state index contributed by atoms with van der Waals surface area (Å²) >= 11 is 0. The molecule has 20 heavy (non-hydrogen) atoms. The number of anilines is 1. The highest BCUT2D eigenvalue weighted by Gasteiger charge is 2.27. The number of hydrogen-bond donors (Lipinski definition) is 1. The van der Waals surface area contributed by atoms with Gasteiger partial charge >= 0.3 is 0 Å². The Bertz CT molecular complexity index is 490. The number of piperazine rings is 1. The Labute approximate surface area is 120 Å². The number of nitrogens with zero attached hydrogens (tertiary/aromatic N) is 2. The molecule has 2 N–H and O–H groups in total. The standard InChI is InChI=1S/C15H23N3O2/c1-4-13-10-18(6-5-17(13)2)15(19)11-7-12(16)9-14(8-11)20-3/h7-9,13H,4-6,10,16H2,1-3H3. The van der Waals surface area contributed by atoms with Gasteiger partial charge < -0.3 is 15.4 Å². The number of rotatable bonds is 3. The average molecular weight is 277 g/mol. The molecule has 0 bridgehead atoms. The normalized spacial score (nSPS) is 19.9. The molecule has 1 saturated heterocycles. The molecule has 1 atom stereocenters. The second kappa shape index (κ2) is 6.13. The lowest BCUT2D eigenvalue weighted by molar-refractivity contribution is 0.0541. The lowest BCUT2D eigenvalue weighted by atomic mass is 10.1. The SMILES string of the molecule is CCC1CN(C(=O)c2cc(N)cc(OC)c2)CCN1C. The molecule has 5 heteroatoms. The molecular weight excluding hydrogens is 254 g/mol. The predicted molar refractivity (Wildman–Crippen MR) is 80.0 cm³/mol. The van der Waals surface area contributed by atoms with Crippen molar-refractivity contribution in [2.75, 3.05) is 39.5 Å². The number of methoxy groups -OCH3 is 1. The Kier molecular flexibility index (Phi) is 4.49. The number of carbonyl (C=O) groups excluding carboxylic acids is 1. The Morgan fingerprint density at radius 2 is 2.15 bits per heavy atom. The van der Waals surface area contributed by atoms with Crippen molar-refractivity contribution < 1.29 is 9.53 Å². The second-order valence-electron chi connectivity index (χ2n) is 5.29. The number of hydrogen-bond acceptors (Lipinski definition) is 4. The van der Waals surface area contributed by atoms with Gasteiger partial charge in [-0.2, -0.15) is 0 Å². The molecule has 1 fully saturated rings. The van der Waals surface area contributed by atoms with E-state index in [2.05, 4.69) is 18.9 Å². The third-order valence-corrected chi connectivity index (χ3v) is 3.95. The number of nitrogens with two attached hydrogens (primary N) is 1. The van der Waals surface area contributed by atoms with Crippen molar-refractivity contribution in [2.24, 2.45) is 0 Å². The van der Waals surface area contributed by atoms with Gasteiger partial charge in [0, 0.05) is 43.0 Å². The molecular formula is C15H23N3O2. The molecule has 1 aromatic rings. The Hall–Kier alpha value is -1.75. The molecule has 5 nitrogen and oxygen atoms in total. The Balaban J connectivity index is 2.17. The number of carbonyl (C=O) groups is 1. The van der Waals surface area contributed by atoms with Crippen LogP contribution >= 0.6 is 0 Å². The second-order valence-corrected chi connectivity index (χ2v) is 5.29. The van der Waals surface area contributed by atoms with E-state index in [-0.39, 0.29) is 5.91 Å². The molecule has 0 aliphatic carbocycles. The van der Waals surface area contributed by atoms with Crippen LogP contribution in [-0.2, 0) is 0 Å². The van der Waals surface area contributed by atoms with Gasteiger partial charge in [0.15, 0.2) is 0 Å². The van der Waals surface area contributed by atoms with Gasteiger partial charge in [0.05, 0.1) is 7.11 Å². The van der Waals surface area contributed by atoms with Gasteiger partial charge in [0.2, 0.25) is 0 Å². The number of amides is 1. The minimum Gasteiger partial charge on any atom is -0.497 e. The fraction of sp³-hybridized carbons (Fsp3) is 0.533. The molecule has 1 aromatic carbocycles. The fourth-order valence-electron chi connectivity index (χ4n) is 2.62. The van der Waals surface area contributed by atoms with Crippen molar-refractivity contribution in [2.45, 2.75) is 19.4 Å². The van der Waals surface area contributed by atoms with E-state index in [1.54, 1.807) is 25.3 Å². The maximum atomic E-state index is 12.6. The summed E-state index contributed by atoms with van der Waals surface area (Å²) in [6.07, 6.45) is 1.04. The number of ether oxygens (including phenoxy) is 1. The van der Waals surface area contributed by atoms with Gasteiger partial charge in [0.1, 0.15) is 5.75 Å². The summed E-state index contributed by atoms with van der Waals surface area (Å²) < 4.78 is 5.17. The summed E-state index contributed by atoms with van der Waals surface area (Å²) in [5, 5.41) is 0. The topological polar surface area (TPSA) is 58.8 Å². The largest absolute Gasteiger partial charge is 0.497 e. The summed E-state index contributed by atoms with van der Waals surface area (Å²) in [5.74, 6) is 0.650. The molecule has 1 unspecified atom stereocenters. The molecule has 1 amide bonds. The van der Waals surface area contributed by atoms with E-state index in [0.29, 0.717) is 23.0 Å². The zero-order valence-corrected chi connectivity index (χ0v) is 12.4. The van der Waals surface area contributed by atoms with Crippen LogP contribution in [0.1, 0.15) is 23.7 Å². The smallest absolute Gasteiger partial charge is 0.254 e. The van der Waals surface area contributed by atoms with E-state index >= 15 is 0 Å². The Morgan fingerprint density at radius 1 is 1.40 bits per heavy atom. The average Bonchev–Trinajstić information content (AvgIpc) is 2.46. The fourth-order valence-corrected chi connectivity index (χ4v) is 2.62. The first kappa shape index (κ1) is 14.7. The highest BCUT2D eigenvalue weighted by atomic mass is 16.5. The van der Waals surface area contributed by atoms with Crippen LogP contribution in [0.3, 0.4) is 0 Å². The molecule has 0 radical (unpaired) electrons. The van der Waals surface area contributed by atoms with Gasteiger partial charge in [0.25, 0.3) is 5.91 Å². The van der Waals surface area contributed by atoms with Crippen LogP contribution in [0.15, 0.2) is 18.2 Å². The van der Waals surface area contributed by atoms with Gasteiger partial charge in [-0.15, -0.1) is 0 Å². The first-order valence-electron chi connectivity index (χ1n) is 6.99. The molecule has 1 heterocycles. The van der Waals surface area contributed by atoms with Crippen LogP contribution < -0.4 is 10.5 Å². The van der Waals surface area contributed by atoms with Crippen molar-refractivity contribution in [3.05, 3.63) is 23.8 Å². The summed E-state index contributed by atoms with van der Waals surface area (Å²) in [7, 11) is 3.69. The zero-order chi connectivity index (χ0) is 14.7. The van der Waals surface area contributed by atoms with Gasteiger partial charge in [-0.3, -0.25) is 9.69 Å². The lowest BCUT2D eigenvalue weighted by Gasteiger charge is -2.39. The van der Waals surface area contributed by atoms with Crippen LogP contribution in [0.25, 0.3) is 0 Å². The molecule has 110 valence electrons. The van der Waals surface area contributed by atoms with Crippen LogP contribution in [0.5, 0.6) is 5.75 Å². The maximum Gasteiger partial charge on any atom is 0.254 e. The van der Waals surface area contributed by atoms with Crippen molar-refractivity contribution in [1.82, 2.24) is 9.80 Å². The number of likely N-dealkylation sites (N-methyl/N-ethyl adjacent to an activating group) is 1. The number of benzene rings is 1. The number of nitrogen functional groups attached to an aromatic ring is 1.